The Balaban J connectivity index is 1.64. The SMILES string of the molecule is CC(C)(C)N(C(=O)O)C1(c2ccc(-c3nc4ccnc(NN)c4cc3-c3ccc(F)cc3)cc2)CCC1. The van der Waals surface area contributed by atoms with Crippen LogP contribution in [0.15, 0.2) is 66.9 Å². The van der Waals surface area contributed by atoms with Crippen molar-refractivity contribution in [3.63, 3.8) is 0 Å². The number of hydrazine groups is 1. The van der Waals surface area contributed by atoms with Gasteiger partial charge in [-0.05, 0) is 75.4 Å². The molecule has 0 saturated heterocycles. The van der Waals surface area contributed by atoms with E-state index in [-0.39, 0.29) is 5.82 Å². The minimum absolute atomic E-state index is 0.318. The van der Waals surface area contributed by atoms with E-state index < -0.39 is 17.2 Å². The molecule has 7 nitrogen and oxygen atoms in total. The fraction of sp³-hybridized carbons (Fsp3) is 0.276. The molecule has 0 aliphatic heterocycles. The van der Waals surface area contributed by atoms with Crippen LogP contribution in [0.2, 0.25) is 0 Å². The van der Waals surface area contributed by atoms with Gasteiger partial charge >= 0.3 is 6.09 Å². The van der Waals surface area contributed by atoms with Gasteiger partial charge in [-0.3, -0.25) is 4.90 Å². The minimum atomic E-state index is -0.913. The largest absolute Gasteiger partial charge is 0.465 e. The maximum atomic E-state index is 13.7. The van der Waals surface area contributed by atoms with Gasteiger partial charge in [0, 0.05) is 28.2 Å². The van der Waals surface area contributed by atoms with Crippen LogP contribution < -0.4 is 11.3 Å². The molecule has 0 atom stereocenters. The van der Waals surface area contributed by atoms with Crippen molar-refractivity contribution in [2.24, 2.45) is 5.84 Å². The molecule has 0 bridgehead atoms. The first-order chi connectivity index (χ1) is 17.6. The first kappa shape index (κ1) is 24.6. The molecule has 0 unspecified atom stereocenters. The molecule has 4 aromatic rings. The zero-order valence-electron chi connectivity index (χ0n) is 21.1. The molecule has 0 spiro atoms. The summed E-state index contributed by atoms with van der Waals surface area (Å²) >= 11 is 0. The molecule has 190 valence electrons. The monoisotopic (exact) mass is 499 g/mol. The van der Waals surface area contributed by atoms with Crippen LogP contribution in [0, 0.1) is 5.82 Å². The predicted molar refractivity (Wildman–Crippen MR) is 143 cm³/mol. The molecule has 1 aliphatic rings. The Hall–Kier alpha value is -4.04. The van der Waals surface area contributed by atoms with Crippen LogP contribution in [0.25, 0.3) is 33.3 Å². The third-order valence-electron chi connectivity index (χ3n) is 7.20. The zero-order valence-corrected chi connectivity index (χ0v) is 21.1. The van der Waals surface area contributed by atoms with Crippen molar-refractivity contribution < 1.29 is 14.3 Å². The number of carbonyl (C=O) groups is 1. The van der Waals surface area contributed by atoms with Crippen molar-refractivity contribution in [2.75, 3.05) is 5.43 Å². The maximum absolute atomic E-state index is 13.7. The standard InChI is InChI=1S/C29H30FN5O2/c1-28(2,3)35(27(36)37)29(14-4-15-29)20-9-5-19(6-10-20)25-22(18-7-11-21(30)12-8-18)17-23-24(33-25)13-16-32-26(23)34-31/h5-13,16-17H,4,14-15,31H2,1-3H3,(H,32,34)(H,36,37). The zero-order chi connectivity index (χ0) is 26.4. The molecule has 1 fully saturated rings. The maximum Gasteiger partial charge on any atom is 0.408 e. The number of nitrogens with two attached hydrogens (primary N) is 1. The summed E-state index contributed by atoms with van der Waals surface area (Å²) < 4.78 is 13.7. The smallest absolute Gasteiger partial charge is 0.408 e. The summed E-state index contributed by atoms with van der Waals surface area (Å²) in [6, 6.07) is 18.1. The van der Waals surface area contributed by atoms with Gasteiger partial charge in [-0.25, -0.2) is 25.0 Å². The molecule has 2 heterocycles. The molecule has 5 rings (SSSR count). The average molecular weight is 500 g/mol. The fourth-order valence-corrected chi connectivity index (χ4v) is 5.48. The first-order valence-electron chi connectivity index (χ1n) is 12.3. The van der Waals surface area contributed by atoms with E-state index in [0.717, 1.165) is 52.6 Å². The summed E-state index contributed by atoms with van der Waals surface area (Å²) in [5.41, 5.74) is 6.44. The fourth-order valence-electron chi connectivity index (χ4n) is 5.48. The topological polar surface area (TPSA) is 104 Å². The Bertz CT molecular complexity index is 1460. The number of carboxylic acid groups (broad SMARTS) is 1. The number of halogens is 1. The van der Waals surface area contributed by atoms with Gasteiger partial charge in [0.1, 0.15) is 11.6 Å². The lowest BCUT2D eigenvalue weighted by molar-refractivity contribution is -0.0328. The predicted octanol–water partition coefficient (Wildman–Crippen LogP) is 6.55. The molecule has 2 aromatic carbocycles. The highest BCUT2D eigenvalue weighted by Crippen LogP contribution is 2.50. The number of rotatable bonds is 5. The normalized spacial score (nSPS) is 14.7. The number of pyridine rings is 2. The molecule has 2 aromatic heterocycles. The molecule has 1 saturated carbocycles. The van der Waals surface area contributed by atoms with E-state index in [0.29, 0.717) is 11.3 Å². The Labute approximate surface area is 215 Å². The lowest BCUT2D eigenvalue weighted by Gasteiger charge is -2.54. The van der Waals surface area contributed by atoms with Crippen molar-refractivity contribution in [1.29, 1.82) is 0 Å². The number of fused-ring (bicyclic) bond motifs is 1. The number of aromatic nitrogens is 2. The molecular weight excluding hydrogens is 469 g/mol. The number of amides is 1. The number of hydrogen-bond acceptors (Lipinski definition) is 5. The Kier molecular flexibility index (Phi) is 6.07. The van der Waals surface area contributed by atoms with Gasteiger partial charge in [-0.15, -0.1) is 0 Å². The van der Waals surface area contributed by atoms with Gasteiger partial charge in [-0.1, -0.05) is 36.4 Å². The highest BCUT2D eigenvalue weighted by Gasteiger charge is 2.50. The number of nitrogens with one attached hydrogen (secondary N) is 1. The second-order valence-corrected chi connectivity index (χ2v) is 10.5. The van der Waals surface area contributed by atoms with Gasteiger partial charge in [-0.2, -0.15) is 0 Å². The summed E-state index contributed by atoms with van der Waals surface area (Å²) in [5, 5.41) is 10.8. The number of nitrogens with zero attached hydrogens (tertiary/aromatic N) is 3. The van der Waals surface area contributed by atoms with Gasteiger partial charge in [0.25, 0.3) is 0 Å². The van der Waals surface area contributed by atoms with E-state index in [1.165, 1.54) is 12.1 Å². The van der Waals surface area contributed by atoms with Gasteiger partial charge in [0.15, 0.2) is 0 Å². The number of hydrogen-bond donors (Lipinski definition) is 3. The molecule has 4 N–H and O–H groups in total. The van der Waals surface area contributed by atoms with Crippen LogP contribution in [0.4, 0.5) is 15.0 Å². The molecule has 1 amide bonds. The summed E-state index contributed by atoms with van der Waals surface area (Å²) in [7, 11) is 0. The van der Waals surface area contributed by atoms with Crippen LogP contribution in [0.5, 0.6) is 0 Å². The molecular formula is C29H30FN5O2. The molecule has 1 aliphatic carbocycles. The number of anilines is 1. The van der Waals surface area contributed by atoms with Gasteiger partial charge in [0.2, 0.25) is 0 Å². The van der Waals surface area contributed by atoms with Gasteiger partial charge < -0.3 is 10.5 Å². The highest BCUT2D eigenvalue weighted by atomic mass is 19.1. The Morgan fingerprint density at radius 1 is 1.05 bits per heavy atom. The second kappa shape index (κ2) is 9.12. The van der Waals surface area contributed by atoms with Crippen LogP contribution in [-0.4, -0.2) is 31.6 Å². The molecule has 37 heavy (non-hydrogen) atoms. The summed E-state index contributed by atoms with van der Waals surface area (Å²) in [6.45, 7) is 5.80. The van der Waals surface area contributed by atoms with E-state index in [9.17, 15) is 14.3 Å². The lowest BCUT2D eigenvalue weighted by atomic mass is 9.69. The quantitative estimate of drug-likeness (QED) is 0.213. The minimum Gasteiger partial charge on any atom is -0.465 e. The third kappa shape index (κ3) is 4.27. The average Bonchev–Trinajstić information content (AvgIpc) is 2.84. The Morgan fingerprint density at radius 2 is 1.70 bits per heavy atom. The highest BCUT2D eigenvalue weighted by molar-refractivity contribution is 5.96. The summed E-state index contributed by atoms with van der Waals surface area (Å²) in [6.07, 6.45) is 3.28. The van der Waals surface area contributed by atoms with E-state index in [1.54, 1.807) is 23.2 Å². The van der Waals surface area contributed by atoms with Crippen LogP contribution >= 0.6 is 0 Å². The van der Waals surface area contributed by atoms with Gasteiger partial charge in [0.05, 0.1) is 16.7 Å². The van der Waals surface area contributed by atoms with Crippen molar-refractivity contribution in [2.45, 2.75) is 51.1 Å². The van der Waals surface area contributed by atoms with Crippen molar-refractivity contribution >= 4 is 22.8 Å². The van der Waals surface area contributed by atoms with E-state index in [4.69, 9.17) is 10.8 Å². The van der Waals surface area contributed by atoms with Crippen LogP contribution in [0.1, 0.15) is 45.6 Å². The van der Waals surface area contributed by atoms with E-state index in [2.05, 4.69) is 10.4 Å². The number of nitrogen functional groups attached to an aromatic ring is 1. The third-order valence-corrected chi connectivity index (χ3v) is 7.20. The van der Waals surface area contributed by atoms with Crippen molar-refractivity contribution in [1.82, 2.24) is 14.9 Å². The van der Waals surface area contributed by atoms with Crippen LogP contribution in [0.3, 0.4) is 0 Å². The van der Waals surface area contributed by atoms with Crippen molar-refractivity contribution in [3.8, 4) is 22.4 Å². The summed E-state index contributed by atoms with van der Waals surface area (Å²) in [4.78, 5) is 23.2. The number of benzene rings is 2. The van der Waals surface area contributed by atoms with E-state index >= 15 is 0 Å². The Morgan fingerprint density at radius 3 is 2.24 bits per heavy atom. The van der Waals surface area contributed by atoms with Crippen LogP contribution in [-0.2, 0) is 5.54 Å². The summed E-state index contributed by atoms with van der Waals surface area (Å²) in [5.74, 6) is 5.87. The molecule has 0 radical (unpaired) electrons. The second-order valence-electron chi connectivity index (χ2n) is 10.5. The van der Waals surface area contributed by atoms with Crippen molar-refractivity contribution in [3.05, 3.63) is 78.2 Å². The van der Waals surface area contributed by atoms with E-state index in [1.807, 2.05) is 57.2 Å². The lowest BCUT2D eigenvalue weighted by Crippen LogP contribution is -2.60. The first-order valence-corrected chi connectivity index (χ1v) is 12.3. The molecule has 8 heteroatoms.